The Labute approximate surface area is 109 Å². The standard InChI is InChI=1S/C15H22O3/c1-12(2)9-15(17-3)14(16)11-18-10-13-7-5-4-6-8-13/h4-9,14-16H,10-11H2,1-3H3/t14-,15?/m1/s1. The summed E-state index contributed by atoms with van der Waals surface area (Å²) < 4.78 is 10.7. The maximum absolute atomic E-state index is 9.94. The predicted molar refractivity (Wildman–Crippen MR) is 72.3 cm³/mol. The van der Waals surface area contributed by atoms with Gasteiger partial charge in [-0.25, -0.2) is 0 Å². The van der Waals surface area contributed by atoms with E-state index in [2.05, 4.69) is 0 Å². The molecule has 0 fully saturated rings. The molecule has 3 heteroatoms. The number of rotatable bonds is 7. The second-order valence-electron chi connectivity index (χ2n) is 4.51. The molecule has 0 bridgehead atoms. The van der Waals surface area contributed by atoms with Gasteiger partial charge in [-0.15, -0.1) is 0 Å². The molecule has 3 nitrogen and oxygen atoms in total. The van der Waals surface area contributed by atoms with E-state index in [0.717, 1.165) is 11.1 Å². The van der Waals surface area contributed by atoms with Gasteiger partial charge >= 0.3 is 0 Å². The van der Waals surface area contributed by atoms with Crippen LogP contribution < -0.4 is 0 Å². The Kier molecular flexibility index (Phi) is 6.65. The van der Waals surface area contributed by atoms with Gasteiger partial charge in [-0.3, -0.25) is 0 Å². The molecule has 0 radical (unpaired) electrons. The maximum Gasteiger partial charge on any atom is 0.107 e. The molecule has 0 amide bonds. The van der Waals surface area contributed by atoms with E-state index in [-0.39, 0.29) is 12.7 Å². The van der Waals surface area contributed by atoms with Crippen LogP contribution in [0.1, 0.15) is 19.4 Å². The highest BCUT2D eigenvalue weighted by Crippen LogP contribution is 2.07. The average molecular weight is 250 g/mol. The largest absolute Gasteiger partial charge is 0.388 e. The van der Waals surface area contributed by atoms with E-state index in [1.807, 2.05) is 50.3 Å². The molecule has 0 aliphatic rings. The summed E-state index contributed by atoms with van der Waals surface area (Å²) in [6.07, 6.45) is 0.940. The van der Waals surface area contributed by atoms with Gasteiger partial charge in [0.25, 0.3) is 0 Å². The number of methoxy groups -OCH3 is 1. The molecule has 0 heterocycles. The fourth-order valence-corrected chi connectivity index (χ4v) is 1.63. The average Bonchev–Trinajstić information content (AvgIpc) is 2.36. The first-order valence-corrected chi connectivity index (χ1v) is 6.11. The van der Waals surface area contributed by atoms with Crippen molar-refractivity contribution in [3.63, 3.8) is 0 Å². The van der Waals surface area contributed by atoms with Crippen molar-refractivity contribution in [1.29, 1.82) is 0 Å². The van der Waals surface area contributed by atoms with Crippen molar-refractivity contribution in [3.05, 3.63) is 47.5 Å². The lowest BCUT2D eigenvalue weighted by Crippen LogP contribution is -2.30. The SMILES string of the molecule is COC(C=C(C)C)[C@H](O)COCc1ccccc1. The van der Waals surface area contributed by atoms with Crippen LogP contribution in [0.15, 0.2) is 42.0 Å². The highest BCUT2D eigenvalue weighted by atomic mass is 16.5. The van der Waals surface area contributed by atoms with Gasteiger partial charge in [-0.05, 0) is 19.4 Å². The third kappa shape index (κ3) is 5.45. The predicted octanol–water partition coefficient (Wildman–Crippen LogP) is 2.55. The fourth-order valence-electron chi connectivity index (χ4n) is 1.63. The fraction of sp³-hybridized carbons (Fsp3) is 0.467. The molecule has 1 aromatic rings. The molecule has 0 aromatic heterocycles. The molecule has 1 N–H and O–H groups in total. The van der Waals surface area contributed by atoms with E-state index in [1.54, 1.807) is 7.11 Å². The number of aliphatic hydroxyl groups is 1. The normalized spacial score (nSPS) is 14.0. The lowest BCUT2D eigenvalue weighted by molar-refractivity contribution is -0.0403. The van der Waals surface area contributed by atoms with Gasteiger partial charge < -0.3 is 14.6 Å². The number of aliphatic hydroxyl groups excluding tert-OH is 1. The zero-order valence-electron chi connectivity index (χ0n) is 11.3. The van der Waals surface area contributed by atoms with Crippen LogP contribution in [-0.4, -0.2) is 31.0 Å². The van der Waals surface area contributed by atoms with Crippen molar-refractivity contribution in [1.82, 2.24) is 0 Å². The van der Waals surface area contributed by atoms with Crippen LogP contribution in [0.5, 0.6) is 0 Å². The van der Waals surface area contributed by atoms with Gasteiger partial charge in [0.05, 0.1) is 13.2 Å². The summed E-state index contributed by atoms with van der Waals surface area (Å²) in [6.45, 7) is 4.72. The van der Waals surface area contributed by atoms with Crippen LogP contribution >= 0.6 is 0 Å². The van der Waals surface area contributed by atoms with Crippen molar-refractivity contribution < 1.29 is 14.6 Å². The van der Waals surface area contributed by atoms with Crippen molar-refractivity contribution in [2.45, 2.75) is 32.7 Å². The number of hydrogen-bond donors (Lipinski definition) is 1. The molecule has 0 aliphatic carbocycles. The van der Waals surface area contributed by atoms with Crippen molar-refractivity contribution in [3.8, 4) is 0 Å². The van der Waals surface area contributed by atoms with Gasteiger partial charge in [0.1, 0.15) is 12.2 Å². The van der Waals surface area contributed by atoms with Gasteiger partial charge in [-0.2, -0.15) is 0 Å². The van der Waals surface area contributed by atoms with Crippen LogP contribution in [0.3, 0.4) is 0 Å². The molecular formula is C15H22O3. The topological polar surface area (TPSA) is 38.7 Å². The van der Waals surface area contributed by atoms with Crippen LogP contribution in [0.4, 0.5) is 0 Å². The zero-order valence-corrected chi connectivity index (χ0v) is 11.3. The smallest absolute Gasteiger partial charge is 0.107 e. The Bertz CT molecular complexity index is 355. The highest BCUT2D eigenvalue weighted by molar-refractivity contribution is 5.13. The minimum atomic E-state index is -0.645. The van der Waals surface area contributed by atoms with Gasteiger partial charge in [0.2, 0.25) is 0 Å². The number of allylic oxidation sites excluding steroid dienone is 1. The summed E-state index contributed by atoms with van der Waals surface area (Å²) in [6, 6.07) is 9.90. The summed E-state index contributed by atoms with van der Waals surface area (Å²) in [5.41, 5.74) is 2.21. The summed E-state index contributed by atoms with van der Waals surface area (Å²) in [7, 11) is 1.59. The van der Waals surface area contributed by atoms with Crippen LogP contribution in [0, 0.1) is 0 Å². The van der Waals surface area contributed by atoms with Gasteiger partial charge in [0.15, 0.2) is 0 Å². The van der Waals surface area contributed by atoms with Gasteiger partial charge in [-0.1, -0.05) is 42.0 Å². The molecule has 18 heavy (non-hydrogen) atoms. The molecule has 1 rings (SSSR count). The molecule has 0 saturated heterocycles. The molecule has 1 unspecified atom stereocenters. The summed E-state index contributed by atoms with van der Waals surface area (Å²) in [5, 5.41) is 9.94. The third-order valence-electron chi connectivity index (χ3n) is 2.55. The number of benzene rings is 1. The van der Waals surface area contributed by atoms with Crippen LogP contribution in [0.2, 0.25) is 0 Å². The minimum Gasteiger partial charge on any atom is -0.388 e. The van der Waals surface area contributed by atoms with E-state index in [9.17, 15) is 5.11 Å². The van der Waals surface area contributed by atoms with Crippen molar-refractivity contribution >= 4 is 0 Å². The monoisotopic (exact) mass is 250 g/mol. The first-order chi connectivity index (χ1) is 8.63. The second kappa shape index (κ2) is 8.03. The molecule has 2 atom stereocenters. The quantitative estimate of drug-likeness (QED) is 0.756. The van der Waals surface area contributed by atoms with Crippen molar-refractivity contribution in [2.24, 2.45) is 0 Å². The Morgan fingerprint density at radius 3 is 2.50 bits per heavy atom. The molecular weight excluding hydrogens is 228 g/mol. The Balaban J connectivity index is 2.36. The number of ether oxygens (including phenoxy) is 2. The molecule has 100 valence electrons. The summed E-state index contributed by atoms with van der Waals surface area (Å²) in [4.78, 5) is 0. The molecule has 1 aromatic carbocycles. The molecule has 0 spiro atoms. The van der Waals surface area contributed by atoms with Crippen LogP contribution in [0.25, 0.3) is 0 Å². The van der Waals surface area contributed by atoms with E-state index in [4.69, 9.17) is 9.47 Å². The Morgan fingerprint density at radius 1 is 1.28 bits per heavy atom. The summed E-state index contributed by atoms with van der Waals surface area (Å²) in [5.74, 6) is 0. The number of hydrogen-bond acceptors (Lipinski definition) is 3. The molecule has 0 aliphatic heterocycles. The van der Waals surface area contributed by atoms with Gasteiger partial charge in [0, 0.05) is 7.11 Å². The highest BCUT2D eigenvalue weighted by Gasteiger charge is 2.16. The summed E-state index contributed by atoms with van der Waals surface area (Å²) >= 11 is 0. The second-order valence-corrected chi connectivity index (χ2v) is 4.51. The lowest BCUT2D eigenvalue weighted by Gasteiger charge is -2.19. The Morgan fingerprint density at radius 2 is 1.94 bits per heavy atom. The maximum atomic E-state index is 9.94. The lowest BCUT2D eigenvalue weighted by atomic mass is 10.1. The van der Waals surface area contributed by atoms with E-state index in [0.29, 0.717) is 6.61 Å². The van der Waals surface area contributed by atoms with E-state index < -0.39 is 6.10 Å². The van der Waals surface area contributed by atoms with Crippen LogP contribution in [-0.2, 0) is 16.1 Å². The zero-order chi connectivity index (χ0) is 13.4. The van der Waals surface area contributed by atoms with E-state index >= 15 is 0 Å². The third-order valence-corrected chi connectivity index (χ3v) is 2.55. The van der Waals surface area contributed by atoms with E-state index in [1.165, 1.54) is 0 Å². The Hall–Kier alpha value is -1.16. The first-order valence-electron chi connectivity index (χ1n) is 6.11. The van der Waals surface area contributed by atoms with Crippen molar-refractivity contribution in [2.75, 3.05) is 13.7 Å². The minimum absolute atomic E-state index is 0.261. The first kappa shape index (κ1) is 14.9. The molecule has 0 saturated carbocycles.